The monoisotopic (exact) mass is 517 g/mol. The average molecular weight is 519 g/mol. The van der Waals surface area contributed by atoms with Crippen molar-refractivity contribution in [2.75, 3.05) is 5.01 Å². The van der Waals surface area contributed by atoms with E-state index >= 15 is 0 Å². The Morgan fingerprint density at radius 1 is 1.09 bits per heavy atom. The van der Waals surface area contributed by atoms with E-state index in [1.54, 1.807) is 43.3 Å². The highest BCUT2D eigenvalue weighted by atomic mass is 35.6. The molecular weight excluding hydrogens is 501 g/mol. The Bertz CT molecular complexity index is 1230. The van der Waals surface area contributed by atoms with Gasteiger partial charge in [-0.2, -0.15) is 10.1 Å². The summed E-state index contributed by atoms with van der Waals surface area (Å²) in [4.78, 5) is 25.1. The predicted molar refractivity (Wildman–Crippen MR) is 132 cm³/mol. The summed E-state index contributed by atoms with van der Waals surface area (Å²) in [6.45, 7) is 1.78. The van der Waals surface area contributed by atoms with Gasteiger partial charge in [0.25, 0.3) is 11.8 Å². The van der Waals surface area contributed by atoms with Gasteiger partial charge in [-0.3, -0.25) is 9.59 Å². The van der Waals surface area contributed by atoms with Crippen LogP contribution in [-0.4, -0.2) is 27.5 Å². The van der Waals surface area contributed by atoms with E-state index in [1.807, 2.05) is 30.3 Å². The lowest BCUT2D eigenvalue weighted by atomic mass is 10.1. The fraction of sp³-hybridized carbons (Fsp3) is 0.125. The SMILES string of the molecule is CC1=NN(c2ccccc2)C(=O)/C1=C/c1ccc(O[C@H](NC(=O)c2ccco2)C(Cl)(Cl)Cl)cc1. The molecule has 1 aromatic heterocycles. The van der Waals surface area contributed by atoms with Crippen molar-refractivity contribution in [3.63, 3.8) is 0 Å². The lowest BCUT2D eigenvalue weighted by Crippen LogP contribution is -2.47. The predicted octanol–water partition coefficient (Wildman–Crippen LogP) is 5.59. The van der Waals surface area contributed by atoms with E-state index in [9.17, 15) is 9.59 Å². The van der Waals surface area contributed by atoms with E-state index < -0.39 is 15.9 Å². The van der Waals surface area contributed by atoms with Crippen LogP contribution in [0.15, 0.2) is 88.1 Å². The van der Waals surface area contributed by atoms with Crippen LogP contribution in [0.3, 0.4) is 0 Å². The number of rotatable bonds is 6. The quantitative estimate of drug-likeness (QED) is 0.262. The molecule has 0 saturated heterocycles. The van der Waals surface area contributed by atoms with Gasteiger partial charge in [0.2, 0.25) is 10.0 Å². The third-order valence-corrected chi connectivity index (χ3v) is 5.41. The van der Waals surface area contributed by atoms with Crippen molar-refractivity contribution < 1.29 is 18.7 Å². The first-order valence-electron chi connectivity index (χ1n) is 10.1. The number of alkyl halides is 3. The number of anilines is 1. The van der Waals surface area contributed by atoms with Gasteiger partial charge >= 0.3 is 0 Å². The Morgan fingerprint density at radius 3 is 2.41 bits per heavy atom. The molecule has 0 radical (unpaired) electrons. The van der Waals surface area contributed by atoms with Crippen LogP contribution < -0.4 is 15.1 Å². The first kappa shape index (κ1) is 23.9. The normalized spacial score (nSPS) is 15.9. The molecule has 0 spiro atoms. The number of furan rings is 1. The number of hydrazone groups is 1. The Balaban J connectivity index is 1.48. The van der Waals surface area contributed by atoms with Crippen LogP contribution in [0.4, 0.5) is 5.69 Å². The lowest BCUT2D eigenvalue weighted by molar-refractivity contribution is -0.114. The van der Waals surface area contributed by atoms with Crippen molar-refractivity contribution in [1.29, 1.82) is 0 Å². The third kappa shape index (κ3) is 5.44. The molecule has 1 aliphatic heterocycles. The Kier molecular flexibility index (Phi) is 6.97. The van der Waals surface area contributed by atoms with Crippen LogP contribution in [0.5, 0.6) is 5.75 Å². The topological polar surface area (TPSA) is 84.1 Å². The van der Waals surface area contributed by atoms with E-state index in [4.69, 9.17) is 44.0 Å². The van der Waals surface area contributed by atoms with Crippen molar-refractivity contribution in [2.24, 2.45) is 5.10 Å². The molecule has 3 aromatic rings. The van der Waals surface area contributed by atoms with Crippen molar-refractivity contribution in [2.45, 2.75) is 16.9 Å². The molecule has 34 heavy (non-hydrogen) atoms. The van der Waals surface area contributed by atoms with Crippen LogP contribution in [0.2, 0.25) is 0 Å². The number of carbonyl (C=O) groups is 2. The molecule has 1 aliphatic rings. The van der Waals surface area contributed by atoms with E-state index in [1.165, 1.54) is 17.3 Å². The summed E-state index contributed by atoms with van der Waals surface area (Å²) < 4.78 is 8.80. The van der Waals surface area contributed by atoms with E-state index in [2.05, 4.69) is 10.4 Å². The minimum atomic E-state index is -1.95. The number of nitrogens with one attached hydrogen (secondary N) is 1. The van der Waals surface area contributed by atoms with Crippen molar-refractivity contribution in [3.05, 3.63) is 89.9 Å². The van der Waals surface area contributed by atoms with E-state index in [0.29, 0.717) is 22.7 Å². The first-order chi connectivity index (χ1) is 16.2. The molecule has 4 rings (SSSR count). The molecule has 0 aliphatic carbocycles. The summed E-state index contributed by atoms with van der Waals surface area (Å²) in [5, 5.41) is 8.22. The molecule has 2 aromatic carbocycles. The van der Waals surface area contributed by atoms with Crippen molar-refractivity contribution >= 4 is 64.1 Å². The van der Waals surface area contributed by atoms with Gasteiger partial charge in [0.1, 0.15) is 5.75 Å². The number of benzene rings is 2. The third-order valence-electron chi connectivity index (χ3n) is 4.81. The van der Waals surface area contributed by atoms with Gasteiger partial charge < -0.3 is 14.5 Å². The van der Waals surface area contributed by atoms with Gasteiger partial charge in [-0.05, 0) is 55.0 Å². The number of para-hydroxylation sites is 1. The van der Waals surface area contributed by atoms with Crippen molar-refractivity contribution in [3.8, 4) is 5.75 Å². The number of amides is 2. The van der Waals surface area contributed by atoms with Gasteiger partial charge in [-0.25, -0.2) is 0 Å². The molecular formula is C24H18Cl3N3O4. The van der Waals surface area contributed by atoms with Crippen LogP contribution in [0, 0.1) is 0 Å². The fourth-order valence-corrected chi connectivity index (χ4v) is 3.45. The molecule has 0 fully saturated rings. The first-order valence-corrected chi connectivity index (χ1v) is 11.2. The smallest absolute Gasteiger partial charge is 0.289 e. The van der Waals surface area contributed by atoms with Crippen LogP contribution in [0.1, 0.15) is 23.0 Å². The molecule has 174 valence electrons. The van der Waals surface area contributed by atoms with Gasteiger partial charge in [-0.1, -0.05) is 65.1 Å². The van der Waals surface area contributed by atoms with E-state index in [-0.39, 0.29) is 11.7 Å². The molecule has 7 nitrogen and oxygen atoms in total. The minimum absolute atomic E-state index is 0.0487. The molecule has 10 heteroatoms. The van der Waals surface area contributed by atoms with Gasteiger partial charge in [0.15, 0.2) is 5.76 Å². The number of ether oxygens (including phenoxy) is 1. The number of carbonyl (C=O) groups excluding carboxylic acids is 2. The maximum absolute atomic E-state index is 12.9. The highest BCUT2D eigenvalue weighted by Crippen LogP contribution is 2.32. The molecule has 2 amide bonds. The Labute approximate surface area is 210 Å². The summed E-state index contributed by atoms with van der Waals surface area (Å²) in [7, 11) is 0. The lowest BCUT2D eigenvalue weighted by Gasteiger charge is -2.26. The standard InChI is InChI=1S/C24H18Cl3N3O4/c1-15-19(22(32)30(29-15)17-6-3-2-4-7-17)14-16-9-11-18(12-10-16)34-23(24(25,26)27)28-21(31)20-8-5-13-33-20/h2-14,23H,1H3,(H,28,31)/b19-14+/t23-/m0/s1. The van der Waals surface area contributed by atoms with E-state index in [0.717, 1.165) is 5.56 Å². The van der Waals surface area contributed by atoms with Gasteiger partial charge in [0, 0.05) is 0 Å². The van der Waals surface area contributed by atoms with Crippen molar-refractivity contribution in [1.82, 2.24) is 5.32 Å². The van der Waals surface area contributed by atoms with Gasteiger partial charge in [0.05, 0.1) is 23.2 Å². The average Bonchev–Trinajstić information content (AvgIpc) is 3.44. The van der Waals surface area contributed by atoms with Gasteiger partial charge in [-0.15, -0.1) is 0 Å². The highest BCUT2D eigenvalue weighted by molar-refractivity contribution is 6.68. The maximum Gasteiger partial charge on any atom is 0.289 e. The zero-order chi connectivity index (χ0) is 24.3. The van der Waals surface area contributed by atoms with Crippen LogP contribution in [0.25, 0.3) is 6.08 Å². The maximum atomic E-state index is 12.9. The number of hydrogen-bond acceptors (Lipinski definition) is 5. The zero-order valence-corrected chi connectivity index (χ0v) is 20.0. The largest absolute Gasteiger partial charge is 0.466 e. The molecule has 1 N–H and O–H groups in total. The number of nitrogens with zero attached hydrogens (tertiary/aromatic N) is 2. The zero-order valence-electron chi connectivity index (χ0n) is 17.7. The van der Waals surface area contributed by atoms with Crippen LogP contribution in [-0.2, 0) is 4.79 Å². The minimum Gasteiger partial charge on any atom is -0.466 e. The summed E-state index contributed by atoms with van der Waals surface area (Å²) in [6.07, 6.45) is 1.80. The number of halogens is 3. The second kappa shape index (κ2) is 9.93. The molecule has 0 saturated carbocycles. The summed E-state index contributed by atoms with van der Waals surface area (Å²) in [5.41, 5.74) is 2.51. The summed E-state index contributed by atoms with van der Waals surface area (Å²) >= 11 is 18.0. The summed E-state index contributed by atoms with van der Waals surface area (Å²) in [6, 6.07) is 19.0. The Hall–Kier alpha value is -3.26. The van der Waals surface area contributed by atoms with Crippen LogP contribution >= 0.6 is 34.8 Å². The second-order valence-corrected chi connectivity index (χ2v) is 9.62. The Morgan fingerprint density at radius 2 is 1.79 bits per heavy atom. The molecule has 0 unspecified atom stereocenters. The number of hydrogen-bond donors (Lipinski definition) is 1. The molecule has 2 heterocycles. The second-order valence-electron chi connectivity index (χ2n) is 7.26. The highest BCUT2D eigenvalue weighted by Gasteiger charge is 2.37. The fourth-order valence-electron chi connectivity index (χ4n) is 3.15. The summed E-state index contributed by atoms with van der Waals surface area (Å²) in [5.74, 6) is -0.430. The molecule has 0 bridgehead atoms. The molecule has 1 atom stereocenters.